The number of hydrogen-bond donors (Lipinski definition) is 0. The van der Waals surface area contributed by atoms with Gasteiger partial charge in [0.2, 0.25) is 0 Å². The first-order valence-corrected chi connectivity index (χ1v) is 6.19. The average molecular weight is 123 g/mol. The van der Waals surface area contributed by atoms with Crippen LogP contribution in [0.25, 0.3) is 4.98 Å². The summed E-state index contributed by atoms with van der Waals surface area (Å²) in [7, 11) is -1.03. The minimum Gasteiger partial charge on any atom is -0.665 e. The fourth-order valence-corrected chi connectivity index (χ4v) is 1.42. The van der Waals surface area contributed by atoms with E-state index in [2.05, 4.69) is 31.5 Å². The molecule has 0 unspecified atom stereocenters. The molecule has 0 heterocycles. The molecule has 0 amide bonds. The molecule has 0 fully saturated rings. The molecular weight excluding hydrogens is 109 g/mol. The van der Waals surface area contributed by atoms with Gasteiger partial charge in [-0.05, 0) is 0 Å². The van der Waals surface area contributed by atoms with Gasteiger partial charge in [-0.25, -0.2) is 0 Å². The van der Waals surface area contributed by atoms with Crippen molar-refractivity contribution >= 4 is 8.24 Å². The number of hydrogen-bond acceptors (Lipinski definition) is 0. The summed E-state index contributed by atoms with van der Waals surface area (Å²) in [6.07, 6.45) is 0. The molecule has 0 N–H and O–H groups in total. The first kappa shape index (κ1) is 11.6. The first-order chi connectivity index (χ1) is 3.06. The molecule has 0 atom stereocenters. The van der Waals surface area contributed by atoms with Crippen LogP contribution in [0.2, 0.25) is 19.6 Å². The van der Waals surface area contributed by atoms with Gasteiger partial charge in [-0.15, -0.1) is 0 Å². The van der Waals surface area contributed by atoms with E-state index in [1.165, 1.54) is 0 Å². The van der Waals surface area contributed by atoms with E-state index in [0.717, 1.165) is 6.54 Å². The predicted molar refractivity (Wildman–Crippen MR) is 37.2 cm³/mol. The Morgan fingerprint density at radius 1 is 1.25 bits per heavy atom. The van der Waals surface area contributed by atoms with Gasteiger partial charge in [-0.1, -0.05) is 34.8 Å². The third-order valence-corrected chi connectivity index (χ3v) is 1.90. The van der Waals surface area contributed by atoms with Crippen molar-refractivity contribution in [2.24, 2.45) is 0 Å². The second kappa shape index (κ2) is 4.63. The SMILES string of the molecule is CC[N-][Si](C)(C)C.[Li+]. The van der Waals surface area contributed by atoms with Crippen molar-refractivity contribution in [2.45, 2.75) is 26.6 Å². The zero-order valence-corrected chi connectivity index (χ0v) is 7.65. The largest absolute Gasteiger partial charge is 1.00 e. The van der Waals surface area contributed by atoms with Crippen LogP contribution in [0.15, 0.2) is 0 Å². The summed E-state index contributed by atoms with van der Waals surface area (Å²) in [5.74, 6) is 0. The van der Waals surface area contributed by atoms with Crippen molar-refractivity contribution in [2.75, 3.05) is 6.54 Å². The Bertz CT molecular complexity index is 50.9. The molecule has 8 heavy (non-hydrogen) atoms. The standard InChI is InChI=1S/C5H14NSi.Li/c1-5-6-7(2,3)4;/h5H2,1-4H3;/q-1;+1. The van der Waals surface area contributed by atoms with Crippen LogP contribution in [-0.2, 0) is 0 Å². The number of nitrogens with zero attached hydrogens (tertiary/aromatic N) is 1. The molecule has 0 bridgehead atoms. The van der Waals surface area contributed by atoms with Gasteiger partial charge < -0.3 is 4.98 Å². The molecule has 0 saturated carbocycles. The molecule has 0 rings (SSSR count). The zero-order chi connectivity index (χ0) is 5.91. The van der Waals surface area contributed by atoms with Gasteiger partial charge in [0.25, 0.3) is 0 Å². The molecule has 44 valence electrons. The summed E-state index contributed by atoms with van der Waals surface area (Å²) in [6.45, 7) is 9.83. The summed E-state index contributed by atoms with van der Waals surface area (Å²) in [5, 5.41) is 0. The van der Waals surface area contributed by atoms with Crippen LogP contribution in [0.4, 0.5) is 0 Å². The Hall–Kier alpha value is 0.774. The van der Waals surface area contributed by atoms with Gasteiger partial charge in [-0.3, -0.25) is 0 Å². The van der Waals surface area contributed by atoms with E-state index >= 15 is 0 Å². The molecule has 0 aromatic carbocycles. The van der Waals surface area contributed by atoms with Gasteiger partial charge in [0, 0.05) is 0 Å². The Balaban J connectivity index is 0. The Kier molecular flexibility index (Phi) is 6.69. The maximum absolute atomic E-state index is 4.40. The van der Waals surface area contributed by atoms with E-state index < -0.39 is 8.24 Å². The Morgan fingerprint density at radius 3 is 1.62 bits per heavy atom. The normalized spacial score (nSPS) is 10.5. The van der Waals surface area contributed by atoms with Crippen molar-refractivity contribution in [1.82, 2.24) is 0 Å². The minimum atomic E-state index is -1.03. The molecule has 1 nitrogen and oxygen atoms in total. The quantitative estimate of drug-likeness (QED) is 0.428. The van der Waals surface area contributed by atoms with Crippen molar-refractivity contribution in [3.8, 4) is 0 Å². The Labute approximate surface area is 65.5 Å². The van der Waals surface area contributed by atoms with Crippen LogP contribution >= 0.6 is 0 Å². The third-order valence-electron chi connectivity index (χ3n) is 0.632. The topological polar surface area (TPSA) is 14.1 Å². The fraction of sp³-hybridized carbons (Fsp3) is 1.00. The molecule has 0 aliphatic rings. The van der Waals surface area contributed by atoms with E-state index in [1.807, 2.05) is 0 Å². The molecule has 0 aromatic heterocycles. The smallest absolute Gasteiger partial charge is 0.665 e. The van der Waals surface area contributed by atoms with Gasteiger partial charge in [0.05, 0.1) is 0 Å². The summed E-state index contributed by atoms with van der Waals surface area (Å²) in [5.41, 5.74) is 0. The maximum Gasteiger partial charge on any atom is 1.00 e. The molecule has 0 aliphatic carbocycles. The average Bonchev–Trinajstić information content (AvgIpc) is 1.30. The second-order valence-corrected chi connectivity index (χ2v) is 7.30. The van der Waals surface area contributed by atoms with Crippen molar-refractivity contribution < 1.29 is 18.9 Å². The van der Waals surface area contributed by atoms with Crippen molar-refractivity contribution in [1.29, 1.82) is 0 Å². The maximum atomic E-state index is 4.40. The van der Waals surface area contributed by atoms with Crippen LogP contribution in [0.1, 0.15) is 6.92 Å². The summed E-state index contributed by atoms with van der Waals surface area (Å²) in [4.78, 5) is 4.40. The van der Waals surface area contributed by atoms with Crippen LogP contribution in [0.5, 0.6) is 0 Å². The van der Waals surface area contributed by atoms with Gasteiger partial charge >= 0.3 is 18.9 Å². The van der Waals surface area contributed by atoms with Crippen LogP contribution in [0, 0.1) is 0 Å². The van der Waals surface area contributed by atoms with Gasteiger partial charge in [-0.2, -0.15) is 6.54 Å². The third kappa shape index (κ3) is 9.91. The fourth-order valence-electron chi connectivity index (χ4n) is 0.474. The minimum absolute atomic E-state index is 0. The number of rotatable bonds is 2. The van der Waals surface area contributed by atoms with Gasteiger partial charge in [0.15, 0.2) is 0 Å². The summed E-state index contributed by atoms with van der Waals surface area (Å²) in [6, 6.07) is 0. The van der Waals surface area contributed by atoms with E-state index in [4.69, 9.17) is 0 Å². The van der Waals surface area contributed by atoms with Gasteiger partial charge in [0.1, 0.15) is 0 Å². The van der Waals surface area contributed by atoms with Crippen LogP contribution in [0.3, 0.4) is 0 Å². The first-order valence-electron chi connectivity index (χ1n) is 2.75. The summed E-state index contributed by atoms with van der Waals surface area (Å²) >= 11 is 0. The molecular formula is C5H14LiNSi. The van der Waals surface area contributed by atoms with Crippen LogP contribution < -0.4 is 18.9 Å². The predicted octanol–water partition coefficient (Wildman–Crippen LogP) is -0.781. The monoisotopic (exact) mass is 123 g/mol. The molecule has 0 aliphatic heterocycles. The summed E-state index contributed by atoms with van der Waals surface area (Å²) < 4.78 is 0. The van der Waals surface area contributed by atoms with E-state index in [0.29, 0.717) is 0 Å². The molecule has 0 spiro atoms. The second-order valence-electron chi connectivity index (χ2n) is 2.65. The Morgan fingerprint density at radius 2 is 1.62 bits per heavy atom. The van der Waals surface area contributed by atoms with Crippen molar-refractivity contribution in [3.05, 3.63) is 4.98 Å². The molecule has 3 heteroatoms. The molecule has 0 saturated heterocycles. The molecule has 0 radical (unpaired) electrons. The van der Waals surface area contributed by atoms with Crippen LogP contribution in [-0.4, -0.2) is 14.8 Å². The van der Waals surface area contributed by atoms with E-state index in [1.54, 1.807) is 0 Å². The zero-order valence-electron chi connectivity index (χ0n) is 6.65. The van der Waals surface area contributed by atoms with Crippen molar-refractivity contribution in [3.63, 3.8) is 0 Å². The van der Waals surface area contributed by atoms with E-state index in [-0.39, 0.29) is 18.9 Å². The van der Waals surface area contributed by atoms with E-state index in [9.17, 15) is 0 Å². The molecule has 0 aromatic rings.